The van der Waals surface area contributed by atoms with E-state index in [9.17, 15) is 27.6 Å². The van der Waals surface area contributed by atoms with Crippen LogP contribution in [-0.2, 0) is 18.4 Å². The van der Waals surface area contributed by atoms with Gasteiger partial charge in [-0.2, -0.15) is 13.2 Å². The molecule has 0 aliphatic carbocycles. The second-order valence-electron chi connectivity index (χ2n) is 4.64. The van der Waals surface area contributed by atoms with Crippen molar-refractivity contribution in [1.29, 1.82) is 0 Å². The van der Waals surface area contributed by atoms with Gasteiger partial charge >= 0.3 is 13.8 Å². The zero-order valence-electron chi connectivity index (χ0n) is 13.6. The standard InChI is InChI=1S/C15H18F3O6P/c1-3-23-25(21,24-4-2)10-22-12-7-5-6-11(8-12)13(19)9-14(20)15(16,17)18/h5-9,19H,3-4,10H2,1-2H3. The van der Waals surface area contributed by atoms with E-state index in [1.807, 2.05) is 0 Å². The number of allylic oxidation sites excluding steroid dienone is 1. The molecule has 1 aromatic carbocycles. The first-order valence-electron chi connectivity index (χ1n) is 7.24. The molecule has 1 rings (SSSR count). The molecule has 0 aliphatic rings. The maximum Gasteiger partial charge on any atom is 0.454 e. The van der Waals surface area contributed by atoms with Gasteiger partial charge in [-0.1, -0.05) is 12.1 Å². The van der Waals surface area contributed by atoms with Crippen LogP contribution in [0, 0.1) is 0 Å². The van der Waals surface area contributed by atoms with Gasteiger partial charge in [0, 0.05) is 11.6 Å². The van der Waals surface area contributed by atoms with Crippen molar-refractivity contribution in [3.63, 3.8) is 0 Å². The molecule has 0 spiro atoms. The van der Waals surface area contributed by atoms with E-state index in [1.165, 1.54) is 24.3 Å². The van der Waals surface area contributed by atoms with Crippen LogP contribution in [0.1, 0.15) is 19.4 Å². The summed E-state index contributed by atoms with van der Waals surface area (Å²) in [5.74, 6) is -2.95. The van der Waals surface area contributed by atoms with E-state index in [0.29, 0.717) is 0 Å². The molecule has 10 heteroatoms. The van der Waals surface area contributed by atoms with Gasteiger partial charge in [0.05, 0.1) is 13.2 Å². The van der Waals surface area contributed by atoms with E-state index < -0.39 is 31.7 Å². The van der Waals surface area contributed by atoms with Crippen LogP contribution in [0.25, 0.3) is 5.76 Å². The lowest BCUT2D eigenvalue weighted by Crippen LogP contribution is -2.20. The number of alkyl halides is 3. The van der Waals surface area contributed by atoms with Gasteiger partial charge in [0.15, 0.2) is 6.35 Å². The SMILES string of the molecule is CCOP(=O)(COc1cccc(C(O)=CC(=O)C(F)(F)F)c1)OCC. The molecule has 1 aromatic rings. The molecule has 140 valence electrons. The van der Waals surface area contributed by atoms with Crippen LogP contribution in [0.2, 0.25) is 0 Å². The topological polar surface area (TPSA) is 82.1 Å². The Morgan fingerprint density at radius 2 is 1.84 bits per heavy atom. The minimum absolute atomic E-state index is 0.0715. The normalized spacial score (nSPS) is 12.9. The van der Waals surface area contributed by atoms with E-state index in [1.54, 1.807) is 13.8 Å². The Balaban J connectivity index is 2.89. The van der Waals surface area contributed by atoms with Gasteiger partial charge in [0.25, 0.3) is 5.78 Å². The molecule has 1 N–H and O–H groups in total. The number of aliphatic hydroxyl groups excluding tert-OH is 1. The van der Waals surface area contributed by atoms with Crippen molar-refractivity contribution in [1.82, 2.24) is 0 Å². The summed E-state index contributed by atoms with van der Waals surface area (Å²) in [6, 6.07) is 5.30. The number of hydrogen-bond acceptors (Lipinski definition) is 6. The van der Waals surface area contributed by atoms with Crippen LogP contribution in [0.3, 0.4) is 0 Å². The molecule has 0 bridgehead atoms. The Hall–Kier alpha value is -1.83. The third-order valence-electron chi connectivity index (χ3n) is 2.72. The fourth-order valence-corrected chi connectivity index (χ4v) is 3.01. The quantitative estimate of drug-likeness (QED) is 0.389. The Morgan fingerprint density at radius 1 is 1.24 bits per heavy atom. The molecule has 25 heavy (non-hydrogen) atoms. The monoisotopic (exact) mass is 382 g/mol. The molecule has 0 aromatic heterocycles. The molecular weight excluding hydrogens is 364 g/mol. The third-order valence-corrected chi connectivity index (χ3v) is 4.47. The first kappa shape index (κ1) is 21.2. The van der Waals surface area contributed by atoms with Gasteiger partial charge in [-0.25, -0.2) is 0 Å². The van der Waals surface area contributed by atoms with Crippen molar-refractivity contribution in [3.05, 3.63) is 35.9 Å². The number of ether oxygens (including phenoxy) is 1. The molecule has 0 aliphatic heterocycles. The minimum Gasteiger partial charge on any atom is -0.507 e. The third kappa shape index (κ3) is 6.89. The van der Waals surface area contributed by atoms with Crippen LogP contribution < -0.4 is 4.74 Å². The highest BCUT2D eigenvalue weighted by atomic mass is 31.2. The van der Waals surface area contributed by atoms with Crippen molar-refractivity contribution in [2.45, 2.75) is 20.0 Å². The summed E-state index contributed by atoms with van der Waals surface area (Å²) in [6.07, 6.45) is -5.42. The predicted octanol–water partition coefficient (Wildman–Crippen LogP) is 4.32. The summed E-state index contributed by atoms with van der Waals surface area (Å²) >= 11 is 0. The Morgan fingerprint density at radius 3 is 2.36 bits per heavy atom. The second kappa shape index (κ2) is 9.03. The molecule has 0 fully saturated rings. The highest BCUT2D eigenvalue weighted by Crippen LogP contribution is 2.47. The maximum absolute atomic E-state index is 12.3. The average molecular weight is 382 g/mol. The summed E-state index contributed by atoms with van der Waals surface area (Å²) in [5, 5.41) is 9.66. The molecular formula is C15H18F3O6P. The average Bonchev–Trinajstić information content (AvgIpc) is 2.53. The Bertz CT molecular complexity index is 661. The number of aliphatic hydroxyl groups is 1. The highest BCUT2D eigenvalue weighted by Gasteiger charge is 2.37. The van der Waals surface area contributed by atoms with Crippen molar-refractivity contribution in [3.8, 4) is 5.75 Å². The van der Waals surface area contributed by atoms with Gasteiger partial charge in [0.2, 0.25) is 0 Å². The number of rotatable bonds is 9. The van der Waals surface area contributed by atoms with E-state index in [-0.39, 0.29) is 30.6 Å². The van der Waals surface area contributed by atoms with Crippen LogP contribution in [-0.4, -0.2) is 36.6 Å². The van der Waals surface area contributed by atoms with Crippen molar-refractivity contribution in [2.24, 2.45) is 0 Å². The molecule has 0 amide bonds. The van der Waals surface area contributed by atoms with Crippen LogP contribution in [0.5, 0.6) is 5.75 Å². The Kier molecular flexibility index (Phi) is 7.66. The number of hydrogen-bond donors (Lipinski definition) is 1. The zero-order valence-corrected chi connectivity index (χ0v) is 14.5. The van der Waals surface area contributed by atoms with Crippen LogP contribution in [0.4, 0.5) is 13.2 Å². The maximum atomic E-state index is 12.3. The van der Waals surface area contributed by atoms with Gasteiger partial charge in [-0.05, 0) is 26.0 Å². The summed E-state index contributed by atoms with van der Waals surface area (Å²) in [5.41, 5.74) is -0.0715. The van der Waals surface area contributed by atoms with E-state index in [4.69, 9.17) is 13.8 Å². The van der Waals surface area contributed by atoms with Gasteiger partial charge in [0.1, 0.15) is 11.5 Å². The van der Waals surface area contributed by atoms with Gasteiger partial charge < -0.3 is 18.9 Å². The fourth-order valence-electron chi connectivity index (χ4n) is 1.69. The van der Waals surface area contributed by atoms with Crippen molar-refractivity contribution < 1.29 is 41.4 Å². The van der Waals surface area contributed by atoms with Crippen molar-refractivity contribution >= 4 is 19.1 Å². The minimum atomic E-state index is -5.08. The van der Waals surface area contributed by atoms with Crippen LogP contribution in [0.15, 0.2) is 30.3 Å². The van der Waals surface area contributed by atoms with Crippen molar-refractivity contribution in [2.75, 3.05) is 19.6 Å². The lowest BCUT2D eigenvalue weighted by Gasteiger charge is -2.17. The lowest BCUT2D eigenvalue weighted by atomic mass is 10.1. The predicted molar refractivity (Wildman–Crippen MR) is 84.5 cm³/mol. The van der Waals surface area contributed by atoms with E-state index in [2.05, 4.69) is 0 Å². The summed E-state index contributed by atoms with van der Waals surface area (Å²) < 4.78 is 64.3. The smallest absolute Gasteiger partial charge is 0.454 e. The Labute approximate surface area is 142 Å². The lowest BCUT2D eigenvalue weighted by molar-refractivity contribution is -0.165. The van der Waals surface area contributed by atoms with Crippen LogP contribution >= 0.6 is 7.60 Å². The fraction of sp³-hybridized carbons (Fsp3) is 0.400. The summed E-state index contributed by atoms with van der Waals surface area (Å²) in [6.45, 7) is 3.55. The summed E-state index contributed by atoms with van der Waals surface area (Å²) in [7, 11) is -3.47. The molecule has 0 radical (unpaired) electrons. The molecule has 0 heterocycles. The highest BCUT2D eigenvalue weighted by molar-refractivity contribution is 7.53. The zero-order chi connectivity index (χ0) is 19.1. The number of carbonyl (C=O) groups is 1. The second-order valence-corrected chi connectivity index (χ2v) is 6.64. The van der Waals surface area contributed by atoms with Gasteiger partial charge in [-0.15, -0.1) is 0 Å². The first-order valence-corrected chi connectivity index (χ1v) is 8.97. The number of halogens is 3. The number of benzene rings is 1. The summed E-state index contributed by atoms with van der Waals surface area (Å²) in [4.78, 5) is 10.9. The van der Waals surface area contributed by atoms with Gasteiger partial charge in [-0.3, -0.25) is 9.36 Å². The van der Waals surface area contributed by atoms with E-state index >= 15 is 0 Å². The molecule has 0 saturated carbocycles. The molecule has 0 atom stereocenters. The largest absolute Gasteiger partial charge is 0.507 e. The molecule has 6 nitrogen and oxygen atoms in total. The number of carbonyl (C=O) groups excluding carboxylic acids is 1. The molecule has 0 unspecified atom stereocenters. The van der Waals surface area contributed by atoms with E-state index in [0.717, 1.165) is 0 Å². The number of ketones is 1. The molecule has 0 saturated heterocycles. The first-order chi connectivity index (χ1) is 11.6.